The van der Waals surface area contributed by atoms with Gasteiger partial charge in [-0.3, -0.25) is 14.0 Å². The predicted molar refractivity (Wildman–Crippen MR) is 240 cm³/mol. The molecule has 62 heavy (non-hydrogen) atoms. The zero-order chi connectivity index (χ0) is 45.2. The summed E-state index contributed by atoms with van der Waals surface area (Å²) >= 11 is 5.98. The van der Waals surface area contributed by atoms with E-state index in [1.54, 1.807) is 59.1 Å². The molecule has 8 N–H and O–H groups in total. The third kappa shape index (κ3) is 13.8. The number of nitrogen functional groups attached to an aromatic ring is 4. The lowest BCUT2D eigenvalue weighted by molar-refractivity contribution is 0.00578. The van der Waals surface area contributed by atoms with Gasteiger partial charge in [0.05, 0.1) is 32.5 Å². The monoisotopic (exact) mass is 988 g/mol. The molecule has 0 aromatic carbocycles. The maximum absolute atomic E-state index is 13.8. The first-order valence-corrected chi connectivity index (χ1v) is 19.4. The molecule has 0 unspecified atom stereocenters. The molecule has 8 rings (SSSR count). The molecule has 0 bridgehead atoms. The van der Waals surface area contributed by atoms with E-state index in [1.807, 2.05) is 40.9 Å². The average Bonchev–Trinajstić information content (AvgIpc) is 3.97. The van der Waals surface area contributed by atoms with Crippen LogP contribution in [0.1, 0.15) is 35.1 Å². The number of halogens is 6. The number of hydrogen-bond donors (Lipinski definition) is 4. The van der Waals surface area contributed by atoms with Crippen LogP contribution in [0.15, 0.2) is 95.2 Å². The van der Waals surface area contributed by atoms with Crippen molar-refractivity contribution in [2.45, 2.75) is 46.3 Å². The smallest absolute Gasteiger partial charge is 0.399 e. The van der Waals surface area contributed by atoms with Crippen LogP contribution in [0, 0.1) is 23.3 Å². The Morgan fingerprint density at radius 2 is 1.10 bits per heavy atom. The van der Waals surface area contributed by atoms with E-state index in [1.165, 1.54) is 43.0 Å². The van der Waals surface area contributed by atoms with Gasteiger partial charge in [-0.2, -0.15) is 15.3 Å². The summed E-state index contributed by atoms with van der Waals surface area (Å²) in [5.41, 5.74) is 23.6. The third-order valence-electron chi connectivity index (χ3n) is 8.72. The second-order valence-corrected chi connectivity index (χ2v) is 15.7. The Bertz CT molecular complexity index is 2520. The van der Waals surface area contributed by atoms with Crippen molar-refractivity contribution in [2.24, 2.45) is 21.1 Å². The van der Waals surface area contributed by atoms with Crippen molar-refractivity contribution < 1.29 is 26.9 Å². The van der Waals surface area contributed by atoms with Gasteiger partial charge in [0.2, 0.25) is 0 Å². The Morgan fingerprint density at radius 3 is 1.53 bits per heavy atom. The Hall–Kier alpha value is -5.91. The van der Waals surface area contributed by atoms with Crippen LogP contribution in [0.3, 0.4) is 0 Å². The standard InChI is InChI=1S/C10H17BN2O2.C9H8BrFN4.C9H9FN4.C5H4BrFN2.C5H5FN2.CH4/c1-9(2)10(3,4)15-11(14-9)8-6-12-13(5)7-8;1-15-4-5(2-14-15)6-3-13-9(12)7(10)8(6)11;1-14-5-6(3-13-14)7-4-12-9(11)2-8(7)10;6-3-2-9-5(8)1-4(3)7;6-4-1-2-8-5(7)3-4;/h6-7H,1-5H3;2-4H,1H3,(H2,12,13);2-5H,1H3,(H2,11,12);1-2H,(H2,8,9);1-3H,(H2,7,8);1H4. The van der Waals surface area contributed by atoms with Gasteiger partial charge >= 0.3 is 7.12 Å². The average molecular weight is 991 g/mol. The van der Waals surface area contributed by atoms with Crippen molar-refractivity contribution in [1.82, 2.24) is 49.3 Å². The van der Waals surface area contributed by atoms with Crippen LogP contribution in [-0.2, 0) is 30.5 Å². The molecule has 0 atom stereocenters. The zero-order valence-corrected chi connectivity index (χ0v) is 37.2. The summed E-state index contributed by atoms with van der Waals surface area (Å²) < 4.78 is 68.8. The maximum atomic E-state index is 13.8. The lowest BCUT2D eigenvalue weighted by atomic mass is 9.82. The molecule has 1 fully saturated rings. The number of hydrogen-bond acceptors (Lipinski definition) is 13. The van der Waals surface area contributed by atoms with Crippen LogP contribution in [0.4, 0.5) is 40.8 Å². The second kappa shape index (κ2) is 21.8. The highest BCUT2D eigenvalue weighted by Gasteiger charge is 2.52. The molecule has 1 saturated heterocycles. The molecule has 1 aliphatic heterocycles. The van der Waals surface area contributed by atoms with Crippen molar-refractivity contribution in [3.05, 3.63) is 118 Å². The van der Waals surface area contributed by atoms with Crippen molar-refractivity contribution in [3.8, 4) is 22.3 Å². The van der Waals surface area contributed by atoms with Gasteiger partial charge in [0.25, 0.3) is 0 Å². The minimum atomic E-state index is -0.421. The Balaban J connectivity index is 0.000000210. The van der Waals surface area contributed by atoms with E-state index >= 15 is 0 Å². The van der Waals surface area contributed by atoms with Gasteiger partial charge in [0.1, 0.15) is 40.7 Å². The quantitative estimate of drug-likeness (QED) is 0.105. The molecule has 23 heteroatoms. The Morgan fingerprint density at radius 1 is 0.613 bits per heavy atom. The van der Waals surface area contributed by atoms with Gasteiger partial charge in [-0.25, -0.2) is 37.5 Å². The zero-order valence-electron chi connectivity index (χ0n) is 34.0. The van der Waals surface area contributed by atoms with Crippen molar-refractivity contribution in [3.63, 3.8) is 0 Å². The molecule has 1 aliphatic rings. The molecular formula is C39H47BBr2F4N14O2. The van der Waals surface area contributed by atoms with Crippen LogP contribution in [-0.4, -0.2) is 67.6 Å². The number of aromatic nitrogens is 10. The number of pyridine rings is 4. The number of nitrogens with zero attached hydrogens (tertiary/aromatic N) is 10. The number of nitrogens with two attached hydrogens (primary N) is 4. The first kappa shape index (κ1) is 50.5. The molecule has 8 heterocycles. The van der Waals surface area contributed by atoms with Gasteiger partial charge in [-0.05, 0) is 65.6 Å². The maximum Gasteiger partial charge on any atom is 0.498 e. The summed E-state index contributed by atoms with van der Waals surface area (Å²) in [5.74, 6) is -0.822. The third-order valence-corrected chi connectivity index (χ3v) is 10.1. The molecular weight excluding hydrogens is 943 g/mol. The summed E-state index contributed by atoms with van der Waals surface area (Å²) in [7, 11) is 5.12. The first-order chi connectivity index (χ1) is 28.6. The van der Waals surface area contributed by atoms with Gasteiger partial charge in [0.15, 0.2) is 5.82 Å². The molecule has 16 nitrogen and oxygen atoms in total. The highest BCUT2D eigenvalue weighted by Crippen LogP contribution is 2.36. The summed E-state index contributed by atoms with van der Waals surface area (Å²) in [6, 6.07) is 4.77. The Labute approximate surface area is 373 Å². The molecule has 0 aliphatic carbocycles. The topological polar surface area (TPSA) is 228 Å². The molecule has 7 aromatic rings. The van der Waals surface area contributed by atoms with Crippen LogP contribution in [0.25, 0.3) is 22.3 Å². The predicted octanol–water partition coefficient (Wildman–Crippen LogP) is 6.89. The lowest BCUT2D eigenvalue weighted by Crippen LogP contribution is -2.41. The Kier molecular flexibility index (Phi) is 17.7. The minimum absolute atomic E-state index is 0. The molecule has 0 saturated carbocycles. The summed E-state index contributed by atoms with van der Waals surface area (Å²) in [5, 5.41) is 12.0. The highest BCUT2D eigenvalue weighted by atomic mass is 79.9. The first-order valence-electron chi connectivity index (χ1n) is 17.8. The number of rotatable bonds is 3. The molecule has 0 radical (unpaired) electrons. The van der Waals surface area contributed by atoms with Crippen molar-refractivity contribution in [1.29, 1.82) is 0 Å². The van der Waals surface area contributed by atoms with Gasteiger partial charge in [-0.1, -0.05) is 7.43 Å². The molecule has 0 spiro atoms. The van der Waals surface area contributed by atoms with Crippen LogP contribution in [0.2, 0.25) is 0 Å². The van der Waals surface area contributed by atoms with E-state index < -0.39 is 5.82 Å². The van der Waals surface area contributed by atoms with Gasteiger partial charge < -0.3 is 32.2 Å². The van der Waals surface area contributed by atoms with E-state index in [-0.39, 0.29) is 70.9 Å². The van der Waals surface area contributed by atoms with Gasteiger partial charge in [0, 0.05) is 117 Å². The fourth-order valence-corrected chi connectivity index (χ4v) is 5.38. The minimum Gasteiger partial charge on any atom is -0.399 e. The fourth-order valence-electron chi connectivity index (χ4n) is 4.85. The summed E-state index contributed by atoms with van der Waals surface area (Å²) in [6.07, 6.45) is 15.7. The lowest BCUT2D eigenvalue weighted by Gasteiger charge is -2.32. The highest BCUT2D eigenvalue weighted by molar-refractivity contribution is 9.10. The van der Waals surface area contributed by atoms with Gasteiger partial charge in [-0.15, -0.1) is 0 Å². The van der Waals surface area contributed by atoms with E-state index in [4.69, 9.17) is 32.2 Å². The van der Waals surface area contributed by atoms with E-state index in [9.17, 15) is 17.6 Å². The number of aryl methyl sites for hydroxylation is 3. The van der Waals surface area contributed by atoms with Crippen molar-refractivity contribution in [2.75, 3.05) is 22.9 Å². The fraction of sp³-hybridized carbons (Fsp3) is 0.256. The van der Waals surface area contributed by atoms with E-state index in [0.717, 1.165) is 11.5 Å². The normalized spacial score (nSPS) is 13.1. The summed E-state index contributed by atoms with van der Waals surface area (Å²) in [4.78, 5) is 14.9. The van der Waals surface area contributed by atoms with Crippen LogP contribution in [0.5, 0.6) is 0 Å². The molecule has 7 aromatic heterocycles. The van der Waals surface area contributed by atoms with Crippen LogP contribution >= 0.6 is 31.9 Å². The second-order valence-electron chi connectivity index (χ2n) is 14.0. The molecule has 330 valence electrons. The SMILES string of the molecule is C.Cn1cc(-c2cnc(N)c(Br)c2F)cn1.Cn1cc(-c2cnc(N)cc2F)cn1.Cn1cc(B2OC(C)(C)C(C)(C)O2)cn1.Nc1cc(F)c(Br)cn1.Nc1cc(F)ccn1. The number of anilines is 4. The van der Waals surface area contributed by atoms with E-state index in [0.29, 0.717) is 26.7 Å². The largest absolute Gasteiger partial charge is 0.498 e. The summed E-state index contributed by atoms with van der Waals surface area (Å²) in [6.45, 7) is 8.18. The van der Waals surface area contributed by atoms with Crippen molar-refractivity contribution >= 4 is 67.7 Å². The van der Waals surface area contributed by atoms with E-state index in [2.05, 4.69) is 67.1 Å². The molecule has 0 amide bonds. The van der Waals surface area contributed by atoms with Crippen LogP contribution < -0.4 is 28.4 Å².